The molecular formula is C15H21N3. The Hall–Kier alpha value is -1.06. The zero-order valence-electron chi connectivity index (χ0n) is 10.8. The van der Waals surface area contributed by atoms with Gasteiger partial charge in [0.05, 0.1) is 0 Å². The van der Waals surface area contributed by atoms with Gasteiger partial charge in [-0.25, -0.2) is 0 Å². The number of nitrogens with zero attached hydrogens (tertiary/aromatic N) is 2. The molecule has 0 amide bonds. The lowest BCUT2D eigenvalue weighted by atomic mass is 10.1. The molecule has 1 aromatic carbocycles. The van der Waals surface area contributed by atoms with E-state index in [1.165, 1.54) is 43.5 Å². The van der Waals surface area contributed by atoms with Crippen LogP contribution in [-0.2, 0) is 13.1 Å². The summed E-state index contributed by atoms with van der Waals surface area (Å²) in [5.74, 6) is 0. The second-order valence-corrected chi connectivity index (χ2v) is 5.99. The summed E-state index contributed by atoms with van der Waals surface area (Å²) in [7, 11) is 0. The van der Waals surface area contributed by atoms with E-state index >= 15 is 0 Å². The molecule has 0 aliphatic carbocycles. The number of anilines is 1. The third-order valence-corrected chi connectivity index (χ3v) is 5.08. The maximum atomic E-state index is 6.10. The number of benzene rings is 1. The van der Waals surface area contributed by atoms with Gasteiger partial charge in [-0.1, -0.05) is 12.1 Å². The molecule has 18 heavy (non-hydrogen) atoms. The Morgan fingerprint density at radius 2 is 1.89 bits per heavy atom. The highest BCUT2D eigenvalue weighted by Crippen LogP contribution is 2.36. The van der Waals surface area contributed by atoms with Crippen LogP contribution in [0.15, 0.2) is 18.2 Å². The van der Waals surface area contributed by atoms with E-state index in [4.69, 9.17) is 5.73 Å². The van der Waals surface area contributed by atoms with Crippen molar-refractivity contribution in [2.75, 3.05) is 18.8 Å². The van der Waals surface area contributed by atoms with Crippen LogP contribution in [0.1, 0.15) is 30.4 Å². The second kappa shape index (κ2) is 3.97. The predicted molar refractivity (Wildman–Crippen MR) is 73.1 cm³/mol. The van der Waals surface area contributed by atoms with E-state index in [0.29, 0.717) is 0 Å². The zero-order valence-corrected chi connectivity index (χ0v) is 10.8. The van der Waals surface area contributed by atoms with Gasteiger partial charge in [-0.2, -0.15) is 0 Å². The standard InChI is InChI=1S/C15H21N3/c16-13-4-1-3-11-9-18(10-12(11)13)15-6-8-17-7-2-5-14(15)17/h1,3-4,14-15H,2,5-10,16H2. The molecule has 3 nitrogen and oxygen atoms in total. The number of nitrogen functional groups attached to an aromatic ring is 1. The molecule has 3 heterocycles. The van der Waals surface area contributed by atoms with Crippen LogP contribution in [0, 0.1) is 0 Å². The van der Waals surface area contributed by atoms with Crippen molar-refractivity contribution in [3.63, 3.8) is 0 Å². The minimum absolute atomic E-state index is 0.763. The van der Waals surface area contributed by atoms with E-state index in [1.54, 1.807) is 0 Å². The molecule has 0 radical (unpaired) electrons. The average Bonchev–Trinajstić information content (AvgIpc) is 3.02. The Morgan fingerprint density at radius 1 is 1.00 bits per heavy atom. The number of hydrogen-bond acceptors (Lipinski definition) is 3. The summed E-state index contributed by atoms with van der Waals surface area (Å²) in [6, 6.07) is 7.96. The Morgan fingerprint density at radius 3 is 2.78 bits per heavy atom. The van der Waals surface area contributed by atoms with Crippen LogP contribution in [0.3, 0.4) is 0 Å². The maximum absolute atomic E-state index is 6.10. The lowest BCUT2D eigenvalue weighted by molar-refractivity contribution is 0.160. The summed E-state index contributed by atoms with van der Waals surface area (Å²) in [4.78, 5) is 5.36. The molecule has 96 valence electrons. The molecule has 3 aliphatic rings. The van der Waals surface area contributed by atoms with Crippen LogP contribution in [0.4, 0.5) is 5.69 Å². The minimum atomic E-state index is 0.763. The van der Waals surface area contributed by atoms with Crippen LogP contribution < -0.4 is 5.73 Å². The topological polar surface area (TPSA) is 32.5 Å². The molecule has 2 N–H and O–H groups in total. The summed E-state index contributed by atoms with van der Waals surface area (Å²) in [5.41, 5.74) is 9.92. The lowest BCUT2D eigenvalue weighted by Crippen LogP contribution is -2.39. The molecule has 0 spiro atoms. The van der Waals surface area contributed by atoms with Crippen LogP contribution in [0.2, 0.25) is 0 Å². The lowest BCUT2D eigenvalue weighted by Gasteiger charge is -2.29. The molecule has 2 fully saturated rings. The van der Waals surface area contributed by atoms with Gasteiger partial charge in [0.1, 0.15) is 0 Å². The smallest absolute Gasteiger partial charge is 0.0363 e. The number of fused-ring (bicyclic) bond motifs is 2. The first-order valence-corrected chi connectivity index (χ1v) is 7.17. The summed E-state index contributed by atoms with van der Waals surface area (Å²) in [6.45, 7) is 4.80. The van der Waals surface area contributed by atoms with Crippen molar-refractivity contribution in [1.29, 1.82) is 0 Å². The van der Waals surface area contributed by atoms with Crippen LogP contribution in [-0.4, -0.2) is 35.0 Å². The SMILES string of the molecule is Nc1cccc2c1CN(C1CCN3CCCC13)C2. The molecular weight excluding hydrogens is 222 g/mol. The molecule has 1 aromatic rings. The van der Waals surface area contributed by atoms with Crippen molar-refractivity contribution >= 4 is 5.69 Å². The molecule has 0 aromatic heterocycles. The van der Waals surface area contributed by atoms with Crippen molar-refractivity contribution < 1.29 is 0 Å². The first kappa shape index (κ1) is 10.8. The second-order valence-electron chi connectivity index (χ2n) is 5.99. The third-order valence-electron chi connectivity index (χ3n) is 5.08. The third kappa shape index (κ3) is 1.50. The van der Waals surface area contributed by atoms with Crippen molar-refractivity contribution in [2.45, 2.75) is 44.4 Å². The molecule has 0 bridgehead atoms. The van der Waals surface area contributed by atoms with Gasteiger partial charge in [-0.3, -0.25) is 9.80 Å². The summed E-state index contributed by atoms with van der Waals surface area (Å²) >= 11 is 0. The fraction of sp³-hybridized carbons (Fsp3) is 0.600. The highest BCUT2D eigenvalue weighted by molar-refractivity contribution is 5.52. The highest BCUT2D eigenvalue weighted by atomic mass is 15.3. The molecule has 4 rings (SSSR count). The van der Waals surface area contributed by atoms with Crippen molar-refractivity contribution in [3.05, 3.63) is 29.3 Å². The predicted octanol–water partition coefficient (Wildman–Crippen LogP) is 1.82. The van der Waals surface area contributed by atoms with Gasteiger partial charge in [-0.05, 0) is 43.0 Å². The summed E-state index contributed by atoms with van der Waals surface area (Å²) in [6.07, 6.45) is 4.13. The fourth-order valence-corrected chi connectivity index (χ4v) is 4.19. The van der Waals surface area contributed by atoms with Gasteiger partial charge in [0, 0.05) is 37.4 Å². The normalized spacial score (nSPS) is 31.8. The Labute approximate surface area is 109 Å². The number of nitrogens with two attached hydrogens (primary N) is 1. The Bertz CT molecular complexity index is 471. The molecule has 2 unspecified atom stereocenters. The van der Waals surface area contributed by atoms with Gasteiger partial charge < -0.3 is 5.73 Å². The van der Waals surface area contributed by atoms with Gasteiger partial charge in [0.2, 0.25) is 0 Å². The van der Waals surface area contributed by atoms with Gasteiger partial charge >= 0.3 is 0 Å². The van der Waals surface area contributed by atoms with Gasteiger partial charge in [-0.15, -0.1) is 0 Å². The largest absolute Gasteiger partial charge is 0.398 e. The van der Waals surface area contributed by atoms with Crippen LogP contribution in [0.25, 0.3) is 0 Å². The first-order chi connectivity index (χ1) is 8.83. The highest BCUT2D eigenvalue weighted by Gasteiger charge is 2.41. The molecule has 3 aliphatic heterocycles. The van der Waals surface area contributed by atoms with Crippen LogP contribution in [0.5, 0.6) is 0 Å². The van der Waals surface area contributed by atoms with E-state index < -0.39 is 0 Å². The Balaban J connectivity index is 1.57. The molecule has 3 heteroatoms. The van der Waals surface area contributed by atoms with Crippen molar-refractivity contribution in [1.82, 2.24) is 9.80 Å². The average molecular weight is 243 g/mol. The monoisotopic (exact) mass is 243 g/mol. The molecule has 2 atom stereocenters. The van der Waals surface area contributed by atoms with E-state index in [2.05, 4.69) is 21.9 Å². The van der Waals surface area contributed by atoms with Crippen molar-refractivity contribution in [2.24, 2.45) is 0 Å². The molecule has 0 saturated carbocycles. The first-order valence-electron chi connectivity index (χ1n) is 7.17. The van der Waals surface area contributed by atoms with Gasteiger partial charge in [0.15, 0.2) is 0 Å². The number of rotatable bonds is 1. The van der Waals surface area contributed by atoms with Gasteiger partial charge in [0.25, 0.3) is 0 Å². The van der Waals surface area contributed by atoms with E-state index in [0.717, 1.165) is 30.9 Å². The molecule has 2 saturated heterocycles. The van der Waals surface area contributed by atoms with Crippen molar-refractivity contribution in [3.8, 4) is 0 Å². The summed E-state index contributed by atoms with van der Waals surface area (Å²) in [5, 5.41) is 0. The van der Waals surface area contributed by atoms with E-state index in [1.807, 2.05) is 6.07 Å². The van der Waals surface area contributed by atoms with E-state index in [9.17, 15) is 0 Å². The van der Waals surface area contributed by atoms with Crippen LogP contribution >= 0.6 is 0 Å². The Kier molecular flexibility index (Phi) is 2.39. The minimum Gasteiger partial charge on any atom is -0.398 e. The fourth-order valence-electron chi connectivity index (χ4n) is 4.19. The zero-order chi connectivity index (χ0) is 12.1. The maximum Gasteiger partial charge on any atom is 0.0363 e. The summed E-state index contributed by atoms with van der Waals surface area (Å²) < 4.78 is 0. The quantitative estimate of drug-likeness (QED) is 0.764. The number of hydrogen-bond donors (Lipinski definition) is 1. The van der Waals surface area contributed by atoms with E-state index in [-0.39, 0.29) is 0 Å².